The van der Waals surface area contributed by atoms with Gasteiger partial charge in [0, 0.05) is 6.04 Å². The van der Waals surface area contributed by atoms with Crippen LogP contribution in [-0.2, 0) is 0 Å². The molecule has 2 nitrogen and oxygen atoms in total. The second-order valence-electron chi connectivity index (χ2n) is 5.88. The molecule has 0 aliphatic rings. The topological polar surface area (TPSA) is 52.0 Å². The van der Waals surface area contributed by atoms with E-state index >= 15 is 0 Å². The van der Waals surface area contributed by atoms with Gasteiger partial charge < -0.3 is 11.5 Å². The first kappa shape index (κ1) is 16.4. The summed E-state index contributed by atoms with van der Waals surface area (Å²) in [6.45, 7) is 0.585. The molecule has 0 fully saturated rings. The maximum absolute atomic E-state index is 6.41. The van der Waals surface area contributed by atoms with Crippen LogP contribution in [0.5, 0.6) is 0 Å². The molecule has 1 atom stereocenters. The van der Waals surface area contributed by atoms with E-state index in [-0.39, 0.29) is 6.04 Å². The number of benzene rings is 3. The molecule has 0 amide bonds. The Labute approximate surface area is 144 Å². The van der Waals surface area contributed by atoms with Gasteiger partial charge in [-0.3, -0.25) is 0 Å². The molecular weight excluding hydrogens is 292 g/mol. The van der Waals surface area contributed by atoms with Crippen molar-refractivity contribution in [3.63, 3.8) is 0 Å². The Morgan fingerprint density at radius 2 is 1.21 bits per heavy atom. The first-order valence-electron chi connectivity index (χ1n) is 8.34. The quantitative estimate of drug-likeness (QED) is 0.674. The molecule has 0 aromatic heterocycles. The number of hydrogen-bond acceptors (Lipinski definition) is 2. The maximum atomic E-state index is 6.41. The van der Waals surface area contributed by atoms with Crippen LogP contribution in [-0.4, -0.2) is 6.54 Å². The van der Waals surface area contributed by atoms with Gasteiger partial charge in [-0.05, 0) is 35.2 Å². The maximum Gasteiger partial charge on any atom is 0.0632 e. The lowest BCUT2D eigenvalue weighted by Crippen LogP contribution is -2.19. The van der Waals surface area contributed by atoms with Crippen LogP contribution >= 0.6 is 0 Å². The zero-order valence-electron chi connectivity index (χ0n) is 13.7. The summed E-state index contributed by atoms with van der Waals surface area (Å²) >= 11 is 0. The summed E-state index contributed by atoms with van der Waals surface area (Å²) in [5, 5.41) is 0. The summed E-state index contributed by atoms with van der Waals surface area (Å²) in [4.78, 5) is 0. The zero-order valence-corrected chi connectivity index (χ0v) is 13.7. The van der Waals surface area contributed by atoms with Crippen molar-refractivity contribution in [3.8, 4) is 0 Å². The van der Waals surface area contributed by atoms with Crippen molar-refractivity contribution in [1.82, 2.24) is 0 Å². The number of hydrogen-bond donors (Lipinski definition) is 2. The van der Waals surface area contributed by atoms with E-state index in [1.54, 1.807) is 0 Å². The fraction of sp³-hybridized carbons (Fsp3) is 0.136. The summed E-state index contributed by atoms with van der Waals surface area (Å²) in [5.74, 6) is 1.21. The standard InChI is InChI=1S/C22H23N2/c23-16-15-21(24)19-13-7-8-14-20(19)22(17-9-3-1-4-10-17)18-11-5-2-6-12-18/h1-14,21H,15-16,23-24H2. The SMILES string of the molecule is NCCC(N)c1ccccc1[C](c1ccccc1)c1ccccc1. The van der Waals surface area contributed by atoms with Gasteiger partial charge >= 0.3 is 0 Å². The van der Waals surface area contributed by atoms with Gasteiger partial charge in [0.1, 0.15) is 0 Å². The fourth-order valence-electron chi connectivity index (χ4n) is 3.07. The fourth-order valence-corrected chi connectivity index (χ4v) is 3.07. The molecular formula is C22H23N2. The smallest absolute Gasteiger partial charge is 0.0632 e. The highest BCUT2D eigenvalue weighted by molar-refractivity contribution is 5.59. The molecule has 121 valence electrons. The van der Waals surface area contributed by atoms with Crippen LogP contribution in [0.25, 0.3) is 0 Å². The van der Waals surface area contributed by atoms with Crippen LogP contribution in [0, 0.1) is 5.92 Å². The minimum absolute atomic E-state index is 0.0615. The average molecular weight is 315 g/mol. The molecule has 1 unspecified atom stereocenters. The van der Waals surface area contributed by atoms with E-state index in [4.69, 9.17) is 11.5 Å². The lowest BCUT2D eigenvalue weighted by molar-refractivity contribution is 0.657. The van der Waals surface area contributed by atoms with Crippen molar-refractivity contribution >= 4 is 0 Å². The molecule has 0 aliphatic heterocycles. The van der Waals surface area contributed by atoms with E-state index in [1.807, 2.05) is 18.2 Å². The third-order valence-corrected chi connectivity index (χ3v) is 4.23. The molecule has 1 radical (unpaired) electrons. The number of rotatable bonds is 6. The normalized spacial score (nSPS) is 12.3. The summed E-state index contributed by atoms with van der Waals surface area (Å²) < 4.78 is 0. The summed E-state index contributed by atoms with van der Waals surface area (Å²) in [7, 11) is 0. The second kappa shape index (κ2) is 7.91. The van der Waals surface area contributed by atoms with Crippen LogP contribution in [0.2, 0.25) is 0 Å². The van der Waals surface area contributed by atoms with E-state index in [1.165, 1.54) is 22.6 Å². The van der Waals surface area contributed by atoms with Gasteiger partial charge in [0.15, 0.2) is 0 Å². The van der Waals surface area contributed by atoms with Crippen molar-refractivity contribution in [1.29, 1.82) is 0 Å². The van der Waals surface area contributed by atoms with Gasteiger partial charge in [0.25, 0.3) is 0 Å². The van der Waals surface area contributed by atoms with Gasteiger partial charge in [-0.25, -0.2) is 0 Å². The lowest BCUT2D eigenvalue weighted by Gasteiger charge is -2.23. The van der Waals surface area contributed by atoms with Gasteiger partial charge in [-0.15, -0.1) is 0 Å². The highest BCUT2D eigenvalue weighted by atomic mass is 14.7. The third kappa shape index (κ3) is 3.56. The average Bonchev–Trinajstić information content (AvgIpc) is 2.64. The molecule has 2 heteroatoms. The molecule has 3 aromatic rings. The molecule has 0 heterocycles. The number of nitrogens with two attached hydrogens (primary N) is 2. The molecule has 0 spiro atoms. The largest absolute Gasteiger partial charge is 0.330 e. The van der Waals surface area contributed by atoms with E-state index < -0.39 is 0 Å². The van der Waals surface area contributed by atoms with Gasteiger partial charge in [-0.2, -0.15) is 0 Å². The third-order valence-electron chi connectivity index (χ3n) is 4.23. The van der Waals surface area contributed by atoms with E-state index in [0.717, 1.165) is 12.0 Å². The van der Waals surface area contributed by atoms with Crippen molar-refractivity contribution in [2.75, 3.05) is 6.54 Å². The molecule has 0 aliphatic carbocycles. The van der Waals surface area contributed by atoms with E-state index in [0.29, 0.717) is 6.54 Å². The minimum atomic E-state index is -0.0615. The minimum Gasteiger partial charge on any atom is -0.330 e. The molecule has 4 N–H and O–H groups in total. The van der Waals surface area contributed by atoms with Gasteiger partial charge in [0.05, 0.1) is 5.92 Å². The summed E-state index contributed by atoms with van der Waals surface area (Å²) in [6.07, 6.45) is 0.772. The Morgan fingerprint density at radius 1 is 0.708 bits per heavy atom. The van der Waals surface area contributed by atoms with Crippen LogP contribution in [0.15, 0.2) is 84.9 Å². The van der Waals surface area contributed by atoms with Crippen LogP contribution in [0.1, 0.15) is 34.7 Å². The predicted octanol–water partition coefficient (Wildman–Crippen LogP) is 4.05. The van der Waals surface area contributed by atoms with Crippen LogP contribution in [0.4, 0.5) is 0 Å². The molecule has 0 saturated heterocycles. The summed E-state index contributed by atoms with van der Waals surface area (Å²) in [6, 6.07) is 29.3. The first-order chi connectivity index (χ1) is 11.8. The molecule has 24 heavy (non-hydrogen) atoms. The molecule has 3 rings (SSSR count). The predicted molar refractivity (Wildman–Crippen MR) is 100 cm³/mol. The highest BCUT2D eigenvalue weighted by Gasteiger charge is 2.22. The zero-order chi connectivity index (χ0) is 16.8. The lowest BCUT2D eigenvalue weighted by atomic mass is 9.81. The molecule has 0 saturated carbocycles. The molecule has 0 bridgehead atoms. The Bertz CT molecular complexity index is 714. The van der Waals surface area contributed by atoms with Crippen molar-refractivity contribution in [2.45, 2.75) is 12.5 Å². The van der Waals surface area contributed by atoms with Crippen LogP contribution < -0.4 is 11.5 Å². The first-order valence-corrected chi connectivity index (χ1v) is 8.34. The monoisotopic (exact) mass is 315 g/mol. The van der Waals surface area contributed by atoms with E-state index in [9.17, 15) is 0 Å². The van der Waals surface area contributed by atoms with Crippen molar-refractivity contribution in [3.05, 3.63) is 113 Å². The summed E-state index contributed by atoms with van der Waals surface area (Å²) in [5.41, 5.74) is 16.8. The highest BCUT2D eigenvalue weighted by Crippen LogP contribution is 2.34. The second-order valence-corrected chi connectivity index (χ2v) is 5.88. The Balaban J connectivity index is 2.14. The van der Waals surface area contributed by atoms with E-state index in [2.05, 4.69) is 66.7 Å². The Kier molecular flexibility index (Phi) is 5.42. The Morgan fingerprint density at radius 3 is 1.75 bits per heavy atom. The molecule has 3 aromatic carbocycles. The van der Waals surface area contributed by atoms with Gasteiger partial charge in [0.2, 0.25) is 0 Å². The van der Waals surface area contributed by atoms with Gasteiger partial charge in [-0.1, -0.05) is 84.9 Å². The van der Waals surface area contributed by atoms with Crippen molar-refractivity contribution in [2.24, 2.45) is 11.5 Å². The van der Waals surface area contributed by atoms with Crippen molar-refractivity contribution < 1.29 is 0 Å². The van der Waals surface area contributed by atoms with Crippen LogP contribution in [0.3, 0.4) is 0 Å². The Hall–Kier alpha value is -2.42.